The SMILES string of the molecule is CC1=C(C(=O)Nc2cccc(Cl)c2C)[C@@H](c2ccccc2C)NC(=S)N1. The summed E-state index contributed by atoms with van der Waals surface area (Å²) in [6.45, 7) is 5.76. The Morgan fingerprint density at radius 2 is 1.85 bits per heavy atom. The molecule has 0 spiro atoms. The van der Waals surface area contributed by atoms with E-state index in [1.165, 1.54) is 0 Å². The molecule has 0 saturated heterocycles. The van der Waals surface area contributed by atoms with E-state index >= 15 is 0 Å². The number of halogens is 1. The van der Waals surface area contributed by atoms with Crippen molar-refractivity contribution in [3.63, 3.8) is 0 Å². The number of anilines is 1. The molecule has 2 aromatic rings. The van der Waals surface area contributed by atoms with Crippen LogP contribution in [-0.2, 0) is 4.79 Å². The predicted octanol–water partition coefficient (Wildman–Crippen LogP) is 4.39. The molecule has 1 amide bonds. The van der Waals surface area contributed by atoms with E-state index in [0.717, 1.165) is 22.4 Å². The second kappa shape index (κ2) is 7.48. The van der Waals surface area contributed by atoms with Crippen molar-refractivity contribution in [3.8, 4) is 0 Å². The van der Waals surface area contributed by atoms with Crippen LogP contribution in [0.15, 0.2) is 53.7 Å². The van der Waals surface area contributed by atoms with Crippen LogP contribution >= 0.6 is 23.8 Å². The second-order valence-electron chi connectivity index (χ2n) is 6.29. The maximum atomic E-state index is 13.1. The number of hydrogen-bond acceptors (Lipinski definition) is 2. The first-order valence-electron chi connectivity index (χ1n) is 8.28. The van der Waals surface area contributed by atoms with Gasteiger partial charge in [0, 0.05) is 16.4 Å². The van der Waals surface area contributed by atoms with Gasteiger partial charge < -0.3 is 16.0 Å². The molecular weight excluding hydrogens is 366 g/mol. The standard InChI is InChI=1S/C20H20ClN3OS/c1-11-7-4-5-8-14(11)18-17(13(3)22-20(26)24-18)19(25)23-16-10-6-9-15(21)12(16)2/h4-10,18H,1-3H3,(H,23,25)(H2,22,24,26)/t18-/m1/s1. The topological polar surface area (TPSA) is 53.2 Å². The lowest BCUT2D eigenvalue weighted by Crippen LogP contribution is -2.46. The lowest BCUT2D eigenvalue weighted by Gasteiger charge is -2.31. The van der Waals surface area contributed by atoms with Crippen molar-refractivity contribution in [2.24, 2.45) is 0 Å². The van der Waals surface area contributed by atoms with Gasteiger partial charge in [0.2, 0.25) is 0 Å². The van der Waals surface area contributed by atoms with Gasteiger partial charge >= 0.3 is 0 Å². The molecule has 3 rings (SSSR count). The smallest absolute Gasteiger partial charge is 0.255 e. The van der Waals surface area contributed by atoms with Gasteiger partial charge in [-0.1, -0.05) is 41.9 Å². The van der Waals surface area contributed by atoms with E-state index in [0.29, 0.717) is 21.4 Å². The molecule has 0 aliphatic carbocycles. The van der Waals surface area contributed by atoms with Crippen molar-refractivity contribution in [2.45, 2.75) is 26.8 Å². The van der Waals surface area contributed by atoms with E-state index in [2.05, 4.69) is 16.0 Å². The third-order valence-corrected chi connectivity index (χ3v) is 5.16. The van der Waals surface area contributed by atoms with Crippen LogP contribution in [0, 0.1) is 13.8 Å². The minimum absolute atomic E-state index is 0.191. The van der Waals surface area contributed by atoms with Crippen LogP contribution in [0.2, 0.25) is 5.02 Å². The minimum atomic E-state index is -0.315. The molecule has 1 heterocycles. The Morgan fingerprint density at radius 3 is 2.58 bits per heavy atom. The summed E-state index contributed by atoms with van der Waals surface area (Å²) < 4.78 is 0. The number of allylic oxidation sites excluding steroid dienone is 1. The van der Waals surface area contributed by atoms with E-state index in [4.69, 9.17) is 23.8 Å². The number of carbonyl (C=O) groups is 1. The van der Waals surface area contributed by atoms with Crippen molar-refractivity contribution >= 4 is 40.5 Å². The van der Waals surface area contributed by atoms with Gasteiger partial charge in [0.05, 0.1) is 11.6 Å². The Labute approximate surface area is 163 Å². The molecule has 4 nitrogen and oxygen atoms in total. The summed E-state index contributed by atoms with van der Waals surface area (Å²) >= 11 is 11.5. The van der Waals surface area contributed by atoms with Gasteiger partial charge in [-0.25, -0.2) is 0 Å². The van der Waals surface area contributed by atoms with Gasteiger partial charge in [0.15, 0.2) is 5.11 Å². The maximum Gasteiger partial charge on any atom is 0.255 e. The molecule has 0 aromatic heterocycles. The number of benzene rings is 2. The van der Waals surface area contributed by atoms with Gasteiger partial charge in [0.25, 0.3) is 5.91 Å². The normalized spacial score (nSPS) is 16.8. The van der Waals surface area contributed by atoms with Crippen LogP contribution in [0.1, 0.15) is 29.7 Å². The first-order chi connectivity index (χ1) is 12.4. The zero-order valence-electron chi connectivity index (χ0n) is 14.8. The minimum Gasteiger partial charge on any atom is -0.351 e. The van der Waals surface area contributed by atoms with Gasteiger partial charge in [-0.3, -0.25) is 4.79 Å². The number of amides is 1. The third kappa shape index (κ3) is 3.59. The Morgan fingerprint density at radius 1 is 1.12 bits per heavy atom. The average Bonchev–Trinajstić information content (AvgIpc) is 2.58. The molecule has 1 aliphatic rings. The van der Waals surface area contributed by atoms with Crippen molar-refractivity contribution in [3.05, 3.63) is 75.4 Å². The summed E-state index contributed by atoms with van der Waals surface area (Å²) in [5, 5.41) is 10.4. The Balaban J connectivity index is 2.00. The maximum absolute atomic E-state index is 13.1. The summed E-state index contributed by atoms with van der Waals surface area (Å²) in [7, 11) is 0. The van der Waals surface area contributed by atoms with Crippen molar-refractivity contribution in [1.29, 1.82) is 0 Å². The van der Waals surface area contributed by atoms with Crippen molar-refractivity contribution < 1.29 is 4.79 Å². The van der Waals surface area contributed by atoms with Crippen LogP contribution in [0.5, 0.6) is 0 Å². The fraction of sp³-hybridized carbons (Fsp3) is 0.200. The first kappa shape index (κ1) is 18.4. The van der Waals surface area contributed by atoms with Crippen LogP contribution in [0.25, 0.3) is 0 Å². The van der Waals surface area contributed by atoms with Gasteiger partial charge in [-0.15, -0.1) is 0 Å². The van der Waals surface area contributed by atoms with E-state index in [-0.39, 0.29) is 11.9 Å². The number of rotatable bonds is 3. The highest BCUT2D eigenvalue weighted by Gasteiger charge is 2.30. The highest BCUT2D eigenvalue weighted by molar-refractivity contribution is 7.80. The zero-order chi connectivity index (χ0) is 18.8. The molecule has 0 saturated carbocycles. The number of hydrogen-bond donors (Lipinski definition) is 3. The van der Waals surface area contributed by atoms with E-state index < -0.39 is 0 Å². The van der Waals surface area contributed by atoms with E-state index in [1.54, 1.807) is 6.07 Å². The number of aryl methyl sites for hydroxylation is 1. The summed E-state index contributed by atoms with van der Waals surface area (Å²) in [5.74, 6) is -0.191. The van der Waals surface area contributed by atoms with E-state index in [9.17, 15) is 4.79 Å². The molecule has 0 unspecified atom stereocenters. The third-order valence-electron chi connectivity index (χ3n) is 4.53. The zero-order valence-corrected chi connectivity index (χ0v) is 16.4. The summed E-state index contributed by atoms with van der Waals surface area (Å²) in [6, 6.07) is 13.1. The van der Waals surface area contributed by atoms with Crippen LogP contribution in [0.3, 0.4) is 0 Å². The highest BCUT2D eigenvalue weighted by atomic mass is 35.5. The lowest BCUT2D eigenvalue weighted by molar-refractivity contribution is -0.113. The lowest BCUT2D eigenvalue weighted by atomic mass is 9.92. The van der Waals surface area contributed by atoms with Gasteiger partial charge in [-0.05, 0) is 61.8 Å². The monoisotopic (exact) mass is 385 g/mol. The molecule has 0 fully saturated rings. The molecular formula is C20H20ClN3OS. The fourth-order valence-electron chi connectivity index (χ4n) is 3.07. The molecule has 2 aromatic carbocycles. The molecule has 3 N–H and O–H groups in total. The summed E-state index contributed by atoms with van der Waals surface area (Å²) in [6.07, 6.45) is 0. The molecule has 6 heteroatoms. The predicted molar refractivity (Wildman–Crippen MR) is 110 cm³/mol. The number of nitrogens with one attached hydrogen (secondary N) is 3. The average molecular weight is 386 g/mol. The van der Waals surface area contributed by atoms with Gasteiger partial charge in [0.1, 0.15) is 0 Å². The Hall–Kier alpha value is -2.37. The molecule has 0 bridgehead atoms. The number of thiocarbonyl (C=S) groups is 1. The highest BCUT2D eigenvalue weighted by Crippen LogP contribution is 2.30. The van der Waals surface area contributed by atoms with E-state index in [1.807, 2.05) is 57.2 Å². The largest absolute Gasteiger partial charge is 0.351 e. The quantitative estimate of drug-likeness (QED) is 0.686. The molecule has 26 heavy (non-hydrogen) atoms. The van der Waals surface area contributed by atoms with Crippen LogP contribution in [0.4, 0.5) is 5.69 Å². The first-order valence-corrected chi connectivity index (χ1v) is 9.07. The van der Waals surface area contributed by atoms with Crippen molar-refractivity contribution in [2.75, 3.05) is 5.32 Å². The van der Waals surface area contributed by atoms with Crippen LogP contribution < -0.4 is 16.0 Å². The summed E-state index contributed by atoms with van der Waals surface area (Å²) in [4.78, 5) is 13.1. The Kier molecular flexibility index (Phi) is 5.30. The molecule has 134 valence electrons. The number of carbonyl (C=O) groups excluding carboxylic acids is 1. The Bertz CT molecular complexity index is 923. The van der Waals surface area contributed by atoms with Crippen LogP contribution in [-0.4, -0.2) is 11.0 Å². The van der Waals surface area contributed by atoms with Gasteiger partial charge in [-0.2, -0.15) is 0 Å². The molecule has 1 atom stereocenters. The summed E-state index contributed by atoms with van der Waals surface area (Å²) in [5.41, 5.74) is 4.97. The fourth-order valence-corrected chi connectivity index (χ4v) is 3.52. The van der Waals surface area contributed by atoms with Crippen molar-refractivity contribution in [1.82, 2.24) is 10.6 Å². The molecule has 1 aliphatic heterocycles. The second-order valence-corrected chi connectivity index (χ2v) is 7.11. The molecule has 0 radical (unpaired) electrons.